The maximum absolute atomic E-state index is 13.6. The van der Waals surface area contributed by atoms with Crippen LogP contribution in [0.25, 0.3) is 0 Å². The van der Waals surface area contributed by atoms with Gasteiger partial charge < -0.3 is 10.5 Å². The zero-order valence-corrected chi connectivity index (χ0v) is 11.3. The molecule has 0 saturated carbocycles. The van der Waals surface area contributed by atoms with Gasteiger partial charge in [0.05, 0.1) is 7.11 Å². The minimum atomic E-state index is -0.576. The van der Waals surface area contributed by atoms with Crippen molar-refractivity contribution >= 4 is 0 Å². The first-order valence-electron chi connectivity index (χ1n) is 6.41. The van der Waals surface area contributed by atoms with E-state index < -0.39 is 11.6 Å². The summed E-state index contributed by atoms with van der Waals surface area (Å²) in [6.07, 6.45) is 0.970. The van der Waals surface area contributed by atoms with E-state index in [4.69, 9.17) is 10.5 Å². The standard InChI is InChI=1S/C16H17F2NO/c1-20-15-4-2-3-11(8-15)7-14(19)9-12-5-6-13(17)10-16(12)18/h2-6,8,10,14H,7,9,19H2,1H3. The van der Waals surface area contributed by atoms with Crippen LogP contribution in [0, 0.1) is 11.6 Å². The Labute approximate surface area is 117 Å². The predicted octanol–water partition coefficient (Wildman–Crippen LogP) is 3.09. The summed E-state index contributed by atoms with van der Waals surface area (Å²) in [5.41, 5.74) is 7.49. The molecule has 2 aromatic carbocycles. The molecule has 1 unspecified atom stereocenters. The SMILES string of the molecule is COc1cccc(CC(N)Cc2ccc(F)cc2F)c1. The van der Waals surface area contributed by atoms with Gasteiger partial charge in [-0.25, -0.2) is 8.78 Å². The van der Waals surface area contributed by atoms with Crippen molar-refractivity contribution in [2.75, 3.05) is 7.11 Å². The van der Waals surface area contributed by atoms with Gasteiger partial charge in [-0.05, 0) is 42.2 Å². The Morgan fingerprint density at radius 1 is 1.10 bits per heavy atom. The lowest BCUT2D eigenvalue weighted by molar-refractivity contribution is 0.414. The molecule has 20 heavy (non-hydrogen) atoms. The topological polar surface area (TPSA) is 35.2 Å². The van der Waals surface area contributed by atoms with E-state index in [1.54, 1.807) is 7.11 Å². The first kappa shape index (κ1) is 14.5. The van der Waals surface area contributed by atoms with E-state index in [0.29, 0.717) is 18.4 Å². The lowest BCUT2D eigenvalue weighted by atomic mass is 9.99. The number of hydrogen-bond donors (Lipinski definition) is 1. The molecule has 0 amide bonds. The summed E-state index contributed by atoms with van der Waals surface area (Å²) in [6.45, 7) is 0. The Balaban J connectivity index is 2.02. The van der Waals surface area contributed by atoms with Crippen molar-refractivity contribution in [1.82, 2.24) is 0 Å². The molecule has 2 N–H and O–H groups in total. The van der Waals surface area contributed by atoms with Crippen molar-refractivity contribution in [2.45, 2.75) is 18.9 Å². The van der Waals surface area contributed by atoms with Crippen LogP contribution >= 0.6 is 0 Å². The summed E-state index contributed by atoms with van der Waals surface area (Å²) < 4.78 is 31.5. The molecular weight excluding hydrogens is 260 g/mol. The average molecular weight is 277 g/mol. The third kappa shape index (κ3) is 3.78. The molecule has 0 aliphatic rings. The lowest BCUT2D eigenvalue weighted by Crippen LogP contribution is -2.26. The third-order valence-corrected chi connectivity index (χ3v) is 3.13. The minimum Gasteiger partial charge on any atom is -0.497 e. The van der Waals surface area contributed by atoms with E-state index in [1.165, 1.54) is 12.1 Å². The molecule has 2 rings (SSSR count). The fraction of sp³-hybridized carbons (Fsp3) is 0.250. The molecule has 0 saturated heterocycles. The summed E-state index contributed by atoms with van der Waals surface area (Å²) in [5, 5.41) is 0. The van der Waals surface area contributed by atoms with Crippen molar-refractivity contribution in [3.8, 4) is 5.75 Å². The Kier molecular flexibility index (Phi) is 4.69. The molecule has 0 radical (unpaired) electrons. The Bertz CT molecular complexity index is 586. The van der Waals surface area contributed by atoms with Crippen molar-refractivity contribution in [3.63, 3.8) is 0 Å². The van der Waals surface area contributed by atoms with Crippen LogP contribution in [0.2, 0.25) is 0 Å². The quantitative estimate of drug-likeness (QED) is 0.911. The molecule has 0 fully saturated rings. The number of ether oxygens (including phenoxy) is 1. The van der Waals surface area contributed by atoms with Gasteiger partial charge in [-0.15, -0.1) is 0 Å². The van der Waals surface area contributed by atoms with Crippen LogP contribution in [0.1, 0.15) is 11.1 Å². The predicted molar refractivity (Wildman–Crippen MR) is 74.7 cm³/mol. The number of halogens is 2. The van der Waals surface area contributed by atoms with E-state index in [-0.39, 0.29) is 6.04 Å². The summed E-state index contributed by atoms with van der Waals surface area (Å²) >= 11 is 0. The monoisotopic (exact) mass is 277 g/mol. The fourth-order valence-corrected chi connectivity index (χ4v) is 2.14. The molecule has 0 spiro atoms. The second kappa shape index (κ2) is 6.48. The lowest BCUT2D eigenvalue weighted by Gasteiger charge is -2.13. The first-order valence-corrected chi connectivity index (χ1v) is 6.41. The van der Waals surface area contributed by atoms with Crippen molar-refractivity contribution < 1.29 is 13.5 Å². The molecule has 2 nitrogen and oxygen atoms in total. The van der Waals surface area contributed by atoms with E-state index in [0.717, 1.165) is 17.4 Å². The van der Waals surface area contributed by atoms with Crippen LogP contribution in [-0.2, 0) is 12.8 Å². The highest BCUT2D eigenvalue weighted by Gasteiger charge is 2.10. The molecule has 0 aliphatic heterocycles. The normalized spacial score (nSPS) is 12.2. The highest BCUT2D eigenvalue weighted by molar-refractivity contribution is 5.29. The Hall–Kier alpha value is -1.94. The number of benzene rings is 2. The summed E-state index contributed by atoms with van der Waals surface area (Å²) in [4.78, 5) is 0. The minimum absolute atomic E-state index is 0.234. The zero-order chi connectivity index (χ0) is 14.5. The molecule has 0 bridgehead atoms. The smallest absolute Gasteiger partial charge is 0.129 e. The van der Waals surface area contributed by atoms with Crippen molar-refractivity contribution in [3.05, 3.63) is 65.2 Å². The maximum atomic E-state index is 13.6. The maximum Gasteiger partial charge on any atom is 0.129 e. The van der Waals surface area contributed by atoms with Gasteiger partial charge in [0.2, 0.25) is 0 Å². The van der Waals surface area contributed by atoms with Crippen LogP contribution < -0.4 is 10.5 Å². The van der Waals surface area contributed by atoms with Crippen LogP contribution in [0.5, 0.6) is 5.75 Å². The zero-order valence-electron chi connectivity index (χ0n) is 11.3. The summed E-state index contributed by atoms with van der Waals surface area (Å²) in [5.74, 6) is -0.360. The van der Waals surface area contributed by atoms with Gasteiger partial charge >= 0.3 is 0 Å². The van der Waals surface area contributed by atoms with Gasteiger partial charge in [0.15, 0.2) is 0 Å². The molecule has 0 heterocycles. The first-order chi connectivity index (χ1) is 9.58. The van der Waals surface area contributed by atoms with Crippen LogP contribution in [0.4, 0.5) is 8.78 Å². The largest absolute Gasteiger partial charge is 0.497 e. The van der Waals surface area contributed by atoms with Gasteiger partial charge in [0, 0.05) is 12.1 Å². The average Bonchev–Trinajstić information content (AvgIpc) is 2.42. The van der Waals surface area contributed by atoms with Crippen LogP contribution in [0.3, 0.4) is 0 Å². The second-order valence-electron chi connectivity index (χ2n) is 4.76. The number of rotatable bonds is 5. The van der Waals surface area contributed by atoms with E-state index in [1.807, 2.05) is 24.3 Å². The number of hydrogen-bond acceptors (Lipinski definition) is 2. The van der Waals surface area contributed by atoms with Gasteiger partial charge in [0.25, 0.3) is 0 Å². The van der Waals surface area contributed by atoms with E-state index in [9.17, 15) is 8.78 Å². The fourth-order valence-electron chi connectivity index (χ4n) is 2.14. The molecular formula is C16H17F2NO. The van der Waals surface area contributed by atoms with Crippen molar-refractivity contribution in [1.29, 1.82) is 0 Å². The Morgan fingerprint density at radius 3 is 2.60 bits per heavy atom. The van der Waals surface area contributed by atoms with Gasteiger partial charge in [-0.2, -0.15) is 0 Å². The number of nitrogens with two attached hydrogens (primary N) is 1. The molecule has 0 aromatic heterocycles. The van der Waals surface area contributed by atoms with E-state index >= 15 is 0 Å². The molecule has 1 atom stereocenters. The van der Waals surface area contributed by atoms with Crippen LogP contribution in [0.15, 0.2) is 42.5 Å². The molecule has 0 aliphatic carbocycles. The van der Waals surface area contributed by atoms with Gasteiger partial charge in [-0.3, -0.25) is 0 Å². The Morgan fingerprint density at radius 2 is 1.90 bits per heavy atom. The second-order valence-corrected chi connectivity index (χ2v) is 4.76. The number of methoxy groups -OCH3 is 1. The summed E-state index contributed by atoms with van der Waals surface area (Å²) in [7, 11) is 1.60. The highest BCUT2D eigenvalue weighted by Crippen LogP contribution is 2.16. The summed E-state index contributed by atoms with van der Waals surface area (Å²) in [6, 6.07) is 10.9. The molecule has 106 valence electrons. The highest BCUT2D eigenvalue weighted by atomic mass is 19.1. The third-order valence-electron chi connectivity index (χ3n) is 3.13. The van der Waals surface area contributed by atoms with E-state index in [2.05, 4.69) is 0 Å². The van der Waals surface area contributed by atoms with Crippen molar-refractivity contribution in [2.24, 2.45) is 5.73 Å². The van der Waals surface area contributed by atoms with Crippen LogP contribution in [-0.4, -0.2) is 13.2 Å². The van der Waals surface area contributed by atoms with Gasteiger partial charge in [0.1, 0.15) is 17.4 Å². The molecule has 4 heteroatoms. The molecule has 2 aromatic rings. The van der Waals surface area contributed by atoms with Gasteiger partial charge in [-0.1, -0.05) is 18.2 Å².